The average Bonchev–Trinajstić information content (AvgIpc) is 3.11. The maximum absolute atomic E-state index is 13.0. The van der Waals surface area contributed by atoms with Gasteiger partial charge in [-0.1, -0.05) is 72.3 Å². The van der Waals surface area contributed by atoms with E-state index in [-0.39, 0.29) is 22.4 Å². The molecule has 0 spiro atoms. The normalized spacial score (nSPS) is 11.5. The van der Waals surface area contributed by atoms with Gasteiger partial charge in [0.2, 0.25) is 0 Å². The molecule has 0 bridgehead atoms. The number of benzene rings is 5. The van der Waals surface area contributed by atoms with E-state index < -0.39 is 0 Å². The highest BCUT2D eigenvalue weighted by atomic mass is 35.5. The van der Waals surface area contributed by atoms with Gasteiger partial charge >= 0.3 is 0 Å². The predicted octanol–water partition coefficient (Wildman–Crippen LogP) is 7.18. The molecule has 0 aliphatic rings. The molecule has 0 aliphatic carbocycles. The van der Waals surface area contributed by atoms with Crippen molar-refractivity contribution < 1.29 is 9.59 Å². The Bertz CT molecular complexity index is 1870. The lowest BCUT2D eigenvalue weighted by Crippen LogP contribution is -2.24. The van der Waals surface area contributed by atoms with Crippen LogP contribution < -0.4 is 21.3 Å². The Morgan fingerprint density at radius 1 is 0.553 bits per heavy atom. The van der Waals surface area contributed by atoms with Crippen molar-refractivity contribution in [1.29, 1.82) is 0 Å². The van der Waals surface area contributed by atoms with E-state index in [9.17, 15) is 9.59 Å². The van der Waals surface area contributed by atoms with Gasteiger partial charge in [-0.05, 0) is 77.9 Å². The maximum atomic E-state index is 13.0. The molecule has 0 heterocycles. The SMILES string of the molecule is CN=C(NCc1ccccc1)c1ccc(NC(=O)c2ccc(C(=O)Nc3ccc(C(=NC)NCc4ccccc4)cc3)c(Cl)c2)cc1. The summed E-state index contributed by atoms with van der Waals surface area (Å²) in [5.41, 5.74) is 5.89. The molecule has 2 amide bonds. The van der Waals surface area contributed by atoms with Crippen molar-refractivity contribution in [3.8, 4) is 0 Å². The lowest BCUT2D eigenvalue weighted by molar-refractivity contribution is 0.101. The van der Waals surface area contributed by atoms with E-state index in [1.54, 1.807) is 38.4 Å². The first kappa shape index (κ1) is 32.7. The van der Waals surface area contributed by atoms with Crippen LogP contribution >= 0.6 is 11.6 Å². The molecule has 9 heteroatoms. The number of anilines is 2. The van der Waals surface area contributed by atoms with Gasteiger partial charge < -0.3 is 21.3 Å². The molecule has 0 saturated heterocycles. The van der Waals surface area contributed by atoms with Crippen molar-refractivity contribution in [2.75, 3.05) is 24.7 Å². The number of carbonyl (C=O) groups excluding carboxylic acids is 2. The zero-order chi connectivity index (χ0) is 33.0. The van der Waals surface area contributed by atoms with Gasteiger partial charge in [0.25, 0.3) is 11.8 Å². The second kappa shape index (κ2) is 16.0. The summed E-state index contributed by atoms with van der Waals surface area (Å²) in [4.78, 5) is 34.8. The van der Waals surface area contributed by atoms with Crippen LogP contribution in [0.5, 0.6) is 0 Å². The average molecular weight is 643 g/mol. The van der Waals surface area contributed by atoms with Crippen LogP contribution in [0, 0.1) is 0 Å². The van der Waals surface area contributed by atoms with Crippen LogP contribution in [0.2, 0.25) is 5.02 Å². The van der Waals surface area contributed by atoms with Crippen LogP contribution in [-0.4, -0.2) is 37.6 Å². The van der Waals surface area contributed by atoms with Gasteiger partial charge in [0, 0.05) is 55.2 Å². The van der Waals surface area contributed by atoms with Gasteiger partial charge in [0.15, 0.2) is 0 Å². The molecule has 8 nitrogen and oxygen atoms in total. The maximum Gasteiger partial charge on any atom is 0.257 e. The van der Waals surface area contributed by atoms with Crippen LogP contribution in [0.15, 0.2) is 137 Å². The molecule has 5 aromatic carbocycles. The van der Waals surface area contributed by atoms with Gasteiger partial charge in [-0.15, -0.1) is 0 Å². The van der Waals surface area contributed by atoms with Crippen LogP contribution in [0.3, 0.4) is 0 Å². The Morgan fingerprint density at radius 2 is 0.979 bits per heavy atom. The third kappa shape index (κ3) is 8.93. The molecule has 0 aliphatic heterocycles. The van der Waals surface area contributed by atoms with E-state index in [0.29, 0.717) is 30.0 Å². The number of rotatable bonds is 10. The minimum atomic E-state index is -0.383. The second-order valence-corrected chi connectivity index (χ2v) is 11.0. The summed E-state index contributed by atoms with van der Waals surface area (Å²) in [6.07, 6.45) is 0. The zero-order valence-electron chi connectivity index (χ0n) is 26.1. The van der Waals surface area contributed by atoms with Crippen LogP contribution in [0.4, 0.5) is 11.4 Å². The first-order chi connectivity index (χ1) is 22.9. The fourth-order valence-corrected chi connectivity index (χ4v) is 5.12. The smallest absolute Gasteiger partial charge is 0.257 e. The highest BCUT2D eigenvalue weighted by Crippen LogP contribution is 2.21. The molecule has 4 N–H and O–H groups in total. The Labute approximate surface area is 279 Å². The summed E-state index contributed by atoms with van der Waals surface area (Å²) in [5.74, 6) is 0.767. The molecule has 0 saturated carbocycles. The third-order valence-corrected chi connectivity index (χ3v) is 7.67. The Morgan fingerprint density at radius 3 is 1.40 bits per heavy atom. The molecule has 236 valence electrons. The topological polar surface area (TPSA) is 107 Å². The van der Waals surface area contributed by atoms with Gasteiger partial charge in [-0.3, -0.25) is 19.6 Å². The van der Waals surface area contributed by atoms with E-state index in [1.165, 1.54) is 6.07 Å². The van der Waals surface area contributed by atoms with E-state index in [1.807, 2.05) is 97.1 Å². The molecule has 0 atom stereocenters. The zero-order valence-corrected chi connectivity index (χ0v) is 26.9. The van der Waals surface area contributed by atoms with Crippen molar-refractivity contribution >= 4 is 46.5 Å². The number of nitrogens with one attached hydrogen (secondary N) is 4. The van der Waals surface area contributed by atoms with E-state index in [0.717, 1.165) is 33.9 Å². The largest absolute Gasteiger partial charge is 0.366 e. The quantitative estimate of drug-likeness (QED) is 0.0956. The number of nitrogens with zero attached hydrogens (tertiary/aromatic N) is 2. The number of amides is 2. The minimum absolute atomic E-state index is 0.168. The summed E-state index contributed by atoms with van der Waals surface area (Å²) in [6.45, 7) is 1.29. The molecular weight excluding hydrogens is 608 g/mol. The second-order valence-electron chi connectivity index (χ2n) is 10.6. The number of carbonyl (C=O) groups is 2. The van der Waals surface area contributed by atoms with Gasteiger partial charge in [-0.25, -0.2) is 0 Å². The van der Waals surface area contributed by atoms with Gasteiger partial charge in [-0.2, -0.15) is 0 Å². The highest BCUT2D eigenvalue weighted by molar-refractivity contribution is 6.35. The first-order valence-corrected chi connectivity index (χ1v) is 15.4. The molecule has 5 rings (SSSR count). The summed E-state index contributed by atoms with van der Waals surface area (Å²) in [7, 11) is 3.46. The van der Waals surface area contributed by atoms with Crippen molar-refractivity contribution in [2.24, 2.45) is 9.98 Å². The van der Waals surface area contributed by atoms with Crippen molar-refractivity contribution in [1.82, 2.24) is 10.6 Å². The van der Waals surface area contributed by atoms with Crippen molar-refractivity contribution in [3.63, 3.8) is 0 Å². The summed E-state index contributed by atoms with van der Waals surface area (Å²) >= 11 is 6.47. The number of amidine groups is 2. The highest BCUT2D eigenvalue weighted by Gasteiger charge is 2.15. The van der Waals surface area contributed by atoms with Crippen LogP contribution in [0.1, 0.15) is 43.0 Å². The molecule has 0 unspecified atom stereocenters. The summed E-state index contributed by atoms with van der Waals surface area (Å²) in [6, 6.07) is 39.5. The van der Waals surface area contributed by atoms with E-state index in [2.05, 4.69) is 31.3 Å². The predicted molar refractivity (Wildman–Crippen MR) is 192 cm³/mol. The summed E-state index contributed by atoms with van der Waals surface area (Å²) in [5, 5.41) is 12.6. The Kier molecular flexibility index (Phi) is 11.1. The Hall–Kier alpha value is -5.73. The van der Waals surface area contributed by atoms with Crippen molar-refractivity contribution in [2.45, 2.75) is 13.1 Å². The molecule has 0 fully saturated rings. The Balaban J connectivity index is 1.15. The first-order valence-electron chi connectivity index (χ1n) is 15.1. The van der Waals surface area contributed by atoms with E-state index >= 15 is 0 Å². The number of hydrogen-bond donors (Lipinski definition) is 4. The van der Waals surface area contributed by atoms with E-state index in [4.69, 9.17) is 11.6 Å². The van der Waals surface area contributed by atoms with Crippen LogP contribution in [0.25, 0.3) is 0 Å². The van der Waals surface area contributed by atoms with Gasteiger partial charge in [0.05, 0.1) is 10.6 Å². The third-order valence-electron chi connectivity index (χ3n) is 7.36. The molecular formula is C38H35ClN6O2. The number of hydrogen-bond acceptors (Lipinski definition) is 4. The monoisotopic (exact) mass is 642 g/mol. The minimum Gasteiger partial charge on any atom is -0.366 e. The van der Waals surface area contributed by atoms with Crippen LogP contribution in [-0.2, 0) is 13.1 Å². The lowest BCUT2D eigenvalue weighted by Gasteiger charge is -2.12. The fourth-order valence-electron chi connectivity index (χ4n) is 4.85. The lowest BCUT2D eigenvalue weighted by atomic mass is 10.1. The summed E-state index contributed by atoms with van der Waals surface area (Å²) < 4.78 is 0. The number of halogens is 1. The standard InChI is InChI=1S/C38H35ClN6O2/c1-40-35(42-24-26-9-5-3-6-10-26)28-13-18-31(19-14-28)44-37(46)30-17-22-33(34(39)23-30)38(47)45-32-20-15-29(16-21-32)36(41-2)43-25-27-11-7-4-8-12-27/h3-23H,24-25H2,1-2H3,(H,40,42)(H,41,43)(H,44,46)(H,45,47). The van der Waals surface area contributed by atoms with Gasteiger partial charge in [0.1, 0.15) is 11.7 Å². The molecule has 47 heavy (non-hydrogen) atoms. The molecule has 5 aromatic rings. The fraction of sp³-hybridized carbons (Fsp3) is 0.105. The van der Waals surface area contributed by atoms with Crippen molar-refractivity contribution in [3.05, 3.63) is 166 Å². The molecule has 0 radical (unpaired) electrons. The molecule has 0 aromatic heterocycles. The number of aliphatic imine (C=N–C) groups is 2.